The number of anilines is 3. The van der Waals surface area contributed by atoms with Gasteiger partial charge in [0.2, 0.25) is 0 Å². The molecule has 2 heteroatoms. The monoisotopic (exact) mass is 838 g/mol. The van der Waals surface area contributed by atoms with Gasteiger partial charge in [0.25, 0.3) is 0 Å². The topological polar surface area (TPSA) is 8.17 Å². The van der Waals surface area contributed by atoms with Crippen LogP contribution < -0.4 is 4.90 Å². The van der Waals surface area contributed by atoms with Gasteiger partial charge in [-0.25, -0.2) is 0 Å². The molecule has 66 heavy (non-hydrogen) atoms. The highest BCUT2D eigenvalue weighted by molar-refractivity contribution is 6.23. The molecule has 12 aromatic carbocycles. The number of benzene rings is 12. The maximum absolute atomic E-state index is 2.51. The lowest BCUT2D eigenvalue weighted by atomic mass is 9.84. The SMILES string of the molecule is c1ccc(-c2c(-c3ccccc3)c3cc(-c4cccc(N(c5cc6ccccc6c6ccccc56)c5cccc6c5c5ccccc5n6-c5ccccc5)c4)ccc3c3ccccc23)cc1. The molecule has 0 aliphatic carbocycles. The maximum atomic E-state index is 2.51. The average molecular weight is 839 g/mol. The van der Waals surface area contributed by atoms with E-state index in [1.807, 2.05) is 0 Å². The van der Waals surface area contributed by atoms with Crippen LogP contribution in [0.25, 0.3) is 104 Å². The average Bonchev–Trinajstić information content (AvgIpc) is 3.74. The van der Waals surface area contributed by atoms with Gasteiger partial charge in [-0.3, -0.25) is 0 Å². The van der Waals surface area contributed by atoms with E-state index in [-0.39, 0.29) is 0 Å². The normalized spacial score (nSPS) is 11.6. The van der Waals surface area contributed by atoms with Gasteiger partial charge in [0.05, 0.1) is 22.4 Å². The van der Waals surface area contributed by atoms with Crippen LogP contribution in [0, 0.1) is 0 Å². The van der Waals surface area contributed by atoms with Crippen LogP contribution in [0.1, 0.15) is 0 Å². The number of nitrogens with zero attached hydrogens (tertiary/aromatic N) is 2. The number of fused-ring (bicyclic) bond motifs is 9. The molecule has 0 amide bonds. The van der Waals surface area contributed by atoms with Gasteiger partial charge in [0.15, 0.2) is 0 Å². The zero-order chi connectivity index (χ0) is 43.6. The molecule has 13 aromatic rings. The van der Waals surface area contributed by atoms with Crippen molar-refractivity contribution in [2.24, 2.45) is 0 Å². The summed E-state index contributed by atoms with van der Waals surface area (Å²) in [6.45, 7) is 0. The molecule has 0 atom stereocenters. The fourth-order valence-corrected chi connectivity index (χ4v) is 10.7. The molecular formula is C64H42N2. The van der Waals surface area contributed by atoms with Gasteiger partial charge >= 0.3 is 0 Å². The Labute approximate surface area is 383 Å². The van der Waals surface area contributed by atoms with E-state index >= 15 is 0 Å². The highest BCUT2D eigenvalue weighted by atomic mass is 15.1. The lowest BCUT2D eigenvalue weighted by Crippen LogP contribution is -2.11. The summed E-state index contributed by atoms with van der Waals surface area (Å²) < 4.78 is 2.41. The summed E-state index contributed by atoms with van der Waals surface area (Å²) in [6.07, 6.45) is 0. The largest absolute Gasteiger partial charge is 0.309 e. The Morgan fingerprint density at radius 3 is 1.53 bits per heavy atom. The van der Waals surface area contributed by atoms with Crippen LogP contribution in [0.4, 0.5) is 17.1 Å². The quantitative estimate of drug-likeness (QED) is 0.145. The minimum Gasteiger partial charge on any atom is -0.309 e. The molecule has 1 aromatic heterocycles. The van der Waals surface area contributed by atoms with Crippen molar-refractivity contribution in [1.29, 1.82) is 0 Å². The zero-order valence-electron chi connectivity index (χ0n) is 36.1. The fraction of sp³-hybridized carbons (Fsp3) is 0. The van der Waals surface area contributed by atoms with Crippen molar-refractivity contribution in [3.05, 3.63) is 255 Å². The third kappa shape index (κ3) is 6.04. The van der Waals surface area contributed by atoms with Gasteiger partial charge in [-0.1, -0.05) is 200 Å². The summed E-state index contributed by atoms with van der Waals surface area (Å²) in [6, 6.07) is 93.4. The Morgan fingerprint density at radius 1 is 0.273 bits per heavy atom. The van der Waals surface area contributed by atoms with E-state index in [2.05, 4.69) is 264 Å². The molecule has 2 nitrogen and oxygen atoms in total. The molecule has 0 radical (unpaired) electrons. The third-order valence-corrected chi connectivity index (χ3v) is 13.5. The predicted octanol–water partition coefficient (Wildman–Crippen LogP) is 17.9. The van der Waals surface area contributed by atoms with Crippen molar-refractivity contribution in [1.82, 2.24) is 4.57 Å². The summed E-state index contributed by atoms with van der Waals surface area (Å²) in [5.74, 6) is 0. The second-order valence-electron chi connectivity index (χ2n) is 17.2. The number of hydrogen-bond acceptors (Lipinski definition) is 1. The van der Waals surface area contributed by atoms with Crippen LogP contribution in [0.2, 0.25) is 0 Å². The van der Waals surface area contributed by atoms with E-state index in [0.29, 0.717) is 0 Å². The highest BCUT2D eigenvalue weighted by Crippen LogP contribution is 2.49. The smallest absolute Gasteiger partial charge is 0.0562 e. The van der Waals surface area contributed by atoms with Gasteiger partial charge in [-0.05, 0) is 126 Å². The Hall–Kier alpha value is -8.72. The third-order valence-electron chi connectivity index (χ3n) is 13.5. The minimum absolute atomic E-state index is 1.09. The van der Waals surface area contributed by atoms with E-state index in [1.165, 1.54) is 81.6 Å². The Bertz CT molecular complexity index is 3980. The lowest BCUT2D eigenvalue weighted by molar-refractivity contribution is 1.18. The summed E-state index contributed by atoms with van der Waals surface area (Å²) in [4.78, 5) is 2.51. The molecule has 1 heterocycles. The van der Waals surface area contributed by atoms with Crippen molar-refractivity contribution in [2.45, 2.75) is 0 Å². The Kier molecular flexibility index (Phi) is 8.89. The molecule has 0 saturated carbocycles. The second kappa shape index (κ2) is 15.5. The first-order valence-corrected chi connectivity index (χ1v) is 22.8. The number of rotatable bonds is 7. The molecule has 0 aliphatic heterocycles. The second-order valence-corrected chi connectivity index (χ2v) is 17.2. The summed E-state index contributed by atoms with van der Waals surface area (Å²) in [7, 11) is 0. The van der Waals surface area contributed by atoms with Gasteiger partial charge in [-0.2, -0.15) is 0 Å². The van der Waals surface area contributed by atoms with E-state index in [9.17, 15) is 0 Å². The summed E-state index contributed by atoms with van der Waals surface area (Å²) in [5, 5.41) is 12.3. The van der Waals surface area contributed by atoms with Gasteiger partial charge in [0, 0.05) is 27.5 Å². The number of para-hydroxylation sites is 2. The molecule has 308 valence electrons. The molecule has 0 bridgehead atoms. The molecule has 13 rings (SSSR count). The van der Waals surface area contributed by atoms with Gasteiger partial charge < -0.3 is 9.47 Å². The van der Waals surface area contributed by atoms with Crippen molar-refractivity contribution >= 4 is 82.0 Å². The predicted molar refractivity (Wildman–Crippen MR) is 282 cm³/mol. The van der Waals surface area contributed by atoms with E-state index in [0.717, 1.165) is 39.4 Å². The zero-order valence-corrected chi connectivity index (χ0v) is 36.1. The van der Waals surface area contributed by atoms with Crippen LogP contribution in [0.5, 0.6) is 0 Å². The van der Waals surface area contributed by atoms with E-state index in [4.69, 9.17) is 0 Å². The highest BCUT2D eigenvalue weighted by Gasteiger charge is 2.24. The van der Waals surface area contributed by atoms with Crippen LogP contribution in [-0.4, -0.2) is 4.57 Å². The minimum atomic E-state index is 1.09. The molecule has 0 aliphatic rings. The molecule has 0 saturated heterocycles. The molecule has 0 fully saturated rings. The lowest BCUT2D eigenvalue weighted by Gasteiger charge is -2.29. The molecular weight excluding hydrogens is 797 g/mol. The molecule has 0 spiro atoms. The van der Waals surface area contributed by atoms with Crippen LogP contribution in [-0.2, 0) is 0 Å². The summed E-state index contributed by atoms with van der Waals surface area (Å²) in [5.41, 5.74) is 14.1. The van der Waals surface area contributed by atoms with E-state index < -0.39 is 0 Å². The van der Waals surface area contributed by atoms with Crippen molar-refractivity contribution in [3.63, 3.8) is 0 Å². The number of aromatic nitrogens is 1. The van der Waals surface area contributed by atoms with Gasteiger partial charge in [-0.15, -0.1) is 0 Å². The molecule has 0 unspecified atom stereocenters. The van der Waals surface area contributed by atoms with Crippen LogP contribution in [0.3, 0.4) is 0 Å². The van der Waals surface area contributed by atoms with Crippen LogP contribution in [0.15, 0.2) is 255 Å². The molecule has 0 N–H and O–H groups in total. The fourth-order valence-electron chi connectivity index (χ4n) is 10.7. The first kappa shape index (κ1) is 37.8. The van der Waals surface area contributed by atoms with Crippen molar-refractivity contribution in [3.8, 4) is 39.1 Å². The van der Waals surface area contributed by atoms with E-state index in [1.54, 1.807) is 0 Å². The number of hydrogen-bond donors (Lipinski definition) is 0. The standard InChI is InChI=1S/C64H42N2/c1-4-20-43(21-5-1)62-55-33-15-13-31-52(55)53-39-38-46(41-57(53)63(62)44-22-6-2-7-23-44)45-25-18-28-49(40-45)66(61-42-47-24-10-11-29-50(47)51-30-12-14-32-54(51)61)60-37-19-36-59-64(60)56-34-16-17-35-58(56)65(59)48-26-8-3-9-27-48/h1-42H. The Balaban J connectivity index is 1.09. The maximum Gasteiger partial charge on any atom is 0.0562 e. The first-order valence-electron chi connectivity index (χ1n) is 22.8. The first-order chi connectivity index (χ1) is 32.8. The summed E-state index contributed by atoms with van der Waals surface area (Å²) >= 11 is 0. The Morgan fingerprint density at radius 2 is 0.788 bits per heavy atom. The van der Waals surface area contributed by atoms with Crippen molar-refractivity contribution in [2.75, 3.05) is 4.90 Å². The van der Waals surface area contributed by atoms with Crippen molar-refractivity contribution < 1.29 is 0 Å². The van der Waals surface area contributed by atoms with Crippen LogP contribution >= 0.6 is 0 Å². The van der Waals surface area contributed by atoms with Gasteiger partial charge in [0.1, 0.15) is 0 Å².